The molecular weight excluding hydrogens is 350 g/mol. The molecule has 0 bridgehead atoms. The molecule has 1 saturated heterocycles. The third-order valence-electron chi connectivity index (χ3n) is 5.29. The van der Waals surface area contributed by atoms with Gasteiger partial charge in [-0.3, -0.25) is 4.79 Å². The highest BCUT2D eigenvalue weighted by Crippen LogP contribution is 2.22. The largest absolute Gasteiger partial charge is 0.356 e. The first kappa shape index (κ1) is 20.1. The molecule has 0 saturated carbocycles. The maximum Gasteiger partial charge on any atom is 0.229 e. The molecule has 6 nitrogen and oxygen atoms in total. The lowest BCUT2D eigenvalue weighted by atomic mass is 10.0. The number of amides is 1. The third kappa shape index (κ3) is 5.21. The van der Waals surface area contributed by atoms with E-state index in [4.69, 9.17) is 4.98 Å². The van der Waals surface area contributed by atoms with Crippen LogP contribution in [0.1, 0.15) is 51.6 Å². The zero-order valence-corrected chi connectivity index (χ0v) is 17.2. The lowest BCUT2D eigenvalue weighted by Gasteiger charge is -2.28. The topological polar surface area (TPSA) is 70.2 Å². The summed E-state index contributed by atoms with van der Waals surface area (Å²) in [7, 11) is 0. The van der Waals surface area contributed by atoms with Crippen molar-refractivity contribution in [1.29, 1.82) is 0 Å². The summed E-state index contributed by atoms with van der Waals surface area (Å²) in [6.07, 6.45) is 5.44. The molecule has 2 aromatic rings. The number of nitrogens with one attached hydrogen (secondary N) is 2. The molecule has 2 N–H and O–H groups in total. The van der Waals surface area contributed by atoms with Gasteiger partial charge in [0.25, 0.3) is 0 Å². The summed E-state index contributed by atoms with van der Waals surface area (Å²) in [4.78, 5) is 23.8. The van der Waals surface area contributed by atoms with E-state index in [1.54, 1.807) is 0 Å². The molecule has 1 amide bonds. The molecule has 1 aromatic carbocycles. The van der Waals surface area contributed by atoms with Crippen molar-refractivity contribution in [3.05, 3.63) is 36.0 Å². The number of aryl methyl sites for hydroxylation is 1. The normalized spacial score (nSPS) is 14.2. The zero-order chi connectivity index (χ0) is 19.9. The van der Waals surface area contributed by atoms with Gasteiger partial charge in [-0.05, 0) is 63.3 Å². The smallest absolute Gasteiger partial charge is 0.229 e. The van der Waals surface area contributed by atoms with Gasteiger partial charge in [0.15, 0.2) is 0 Å². The predicted molar refractivity (Wildman–Crippen MR) is 115 cm³/mol. The Morgan fingerprint density at radius 3 is 2.32 bits per heavy atom. The fourth-order valence-electron chi connectivity index (χ4n) is 3.56. The maximum absolute atomic E-state index is 12.2. The summed E-state index contributed by atoms with van der Waals surface area (Å²) >= 11 is 0. The second kappa shape index (κ2) is 9.53. The van der Waals surface area contributed by atoms with Crippen molar-refractivity contribution in [2.75, 3.05) is 28.6 Å². The quantitative estimate of drug-likeness (QED) is 0.714. The lowest BCUT2D eigenvalue weighted by Crippen LogP contribution is -2.30. The number of aromatic nitrogens is 2. The van der Waals surface area contributed by atoms with E-state index < -0.39 is 0 Å². The van der Waals surface area contributed by atoms with Crippen molar-refractivity contribution in [1.82, 2.24) is 9.97 Å². The summed E-state index contributed by atoms with van der Waals surface area (Å²) in [5.74, 6) is 1.74. The van der Waals surface area contributed by atoms with Gasteiger partial charge in [0.05, 0.1) is 0 Å². The van der Waals surface area contributed by atoms with Gasteiger partial charge >= 0.3 is 0 Å². The molecule has 1 fully saturated rings. The first-order chi connectivity index (χ1) is 13.6. The van der Waals surface area contributed by atoms with E-state index >= 15 is 0 Å². The first-order valence-electron chi connectivity index (χ1n) is 10.4. The molecule has 0 aliphatic carbocycles. The Labute approximate surface area is 167 Å². The Balaban J connectivity index is 1.67. The number of hydrogen-bond donors (Lipinski definition) is 2. The van der Waals surface area contributed by atoms with Crippen molar-refractivity contribution >= 4 is 29.0 Å². The molecule has 6 heteroatoms. The Hall–Kier alpha value is -2.63. The standard InChI is InChI=1S/C22H31N5O/c1-4-17(5-2)21(28)24-18-9-11-19(12-10-18)25-22-23-16(3)15-20(26-22)27-13-7-6-8-14-27/h9-12,15,17H,4-8,13-14H2,1-3H3,(H,24,28)(H,23,25,26). The highest BCUT2D eigenvalue weighted by atomic mass is 16.1. The van der Waals surface area contributed by atoms with Gasteiger partial charge in [-0.25, -0.2) is 4.98 Å². The van der Waals surface area contributed by atoms with Crippen LogP contribution in [0.5, 0.6) is 0 Å². The van der Waals surface area contributed by atoms with E-state index in [0.29, 0.717) is 5.95 Å². The van der Waals surface area contributed by atoms with Crippen LogP contribution in [0.3, 0.4) is 0 Å². The van der Waals surface area contributed by atoms with Crippen molar-refractivity contribution in [3.8, 4) is 0 Å². The lowest BCUT2D eigenvalue weighted by molar-refractivity contribution is -0.120. The molecule has 1 aliphatic heterocycles. The highest BCUT2D eigenvalue weighted by molar-refractivity contribution is 5.92. The minimum Gasteiger partial charge on any atom is -0.356 e. The molecular formula is C22H31N5O. The number of carbonyl (C=O) groups is 1. The van der Waals surface area contributed by atoms with Crippen LogP contribution >= 0.6 is 0 Å². The zero-order valence-electron chi connectivity index (χ0n) is 17.2. The van der Waals surface area contributed by atoms with Crippen molar-refractivity contribution in [2.24, 2.45) is 5.92 Å². The van der Waals surface area contributed by atoms with Crippen LogP contribution in [-0.2, 0) is 4.79 Å². The second-order valence-corrected chi connectivity index (χ2v) is 7.44. The number of hydrogen-bond acceptors (Lipinski definition) is 5. The van der Waals surface area contributed by atoms with Gasteiger partial charge < -0.3 is 15.5 Å². The van der Waals surface area contributed by atoms with E-state index in [0.717, 1.165) is 48.8 Å². The van der Waals surface area contributed by atoms with Gasteiger partial charge in [-0.1, -0.05) is 13.8 Å². The van der Waals surface area contributed by atoms with Crippen LogP contribution in [0, 0.1) is 12.8 Å². The monoisotopic (exact) mass is 381 g/mol. The van der Waals surface area contributed by atoms with Crippen molar-refractivity contribution in [2.45, 2.75) is 52.9 Å². The van der Waals surface area contributed by atoms with Crippen LogP contribution < -0.4 is 15.5 Å². The van der Waals surface area contributed by atoms with E-state index in [2.05, 4.69) is 20.5 Å². The van der Waals surface area contributed by atoms with E-state index in [1.807, 2.05) is 51.1 Å². The Morgan fingerprint density at radius 1 is 1.04 bits per heavy atom. The van der Waals surface area contributed by atoms with Crippen molar-refractivity contribution in [3.63, 3.8) is 0 Å². The summed E-state index contributed by atoms with van der Waals surface area (Å²) in [6, 6.07) is 9.74. The van der Waals surface area contributed by atoms with Crippen LogP contribution in [0.25, 0.3) is 0 Å². The van der Waals surface area contributed by atoms with Crippen LogP contribution in [0.2, 0.25) is 0 Å². The SMILES string of the molecule is CCC(CC)C(=O)Nc1ccc(Nc2nc(C)cc(N3CCCCC3)n2)cc1. The van der Waals surface area contributed by atoms with Gasteiger partial charge in [-0.2, -0.15) is 4.98 Å². The number of rotatable bonds is 7. The highest BCUT2D eigenvalue weighted by Gasteiger charge is 2.15. The van der Waals surface area contributed by atoms with E-state index in [-0.39, 0.29) is 11.8 Å². The molecule has 1 aliphatic rings. The molecule has 150 valence electrons. The third-order valence-corrected chi connectivity index (χ3v) is 5.29. The van der Waals surface area contributed by atoms with E-state index in [1.165, 1.54) is 19.3 Å². The molecule has 0 radical (unpaired) electrons. The fraction of sp³-hybridized carbons (Fsp3) is 0.500. The Kier molecular flexibility index (Phi) is 6.85. The number of anilines is 4. The summed E-state index contributed by atoms with van der Waals surface area (Å²) < 4.78 is 0. The average Bonchev–Trinajstić information content (AvgIpc) is 2.71. The van der Waals surface area contributed by atoms with Crippen LogP contribution in [0.15, 0.2) is 30.3 Å². The number of carbonyl (C=O) groups excluding carboxylic acids is 1. The minimum absolute atomic E-state index is 0.0618. The predicted octanol–water partition coefficient (Wildman–Crippen LogP) is 4.89. The van der Waals surface area contributed by atoms with Gasteiger partial charge in [0.2, 0.25) is 11.9 Å². The van der Waals surface area contributed by atoms with Gasteiger partial charge in [0, 0.05) is 42.1 Å². The number of piperidine rings is 1. The molecule has 0 spiro atoms. The fourth-order valence-corrected chi connectivity index (χ4v) is 3.56. The van der Waals surface area contributed by atoms with Crippen LogP contribution in [0.4, 0.5) is 23.1 Å². The molecule has 28 heavy (non-hydrogen) atoms. The summed E-state index contributed by atoms with van der Waals surface area (Å²) in [6.45, 7) is 8.19. The number of benzene rings is 1. The molecule has 3 rings (SSSR count). The second-order valence-electron chi connectivity index (χ2n) is 7.44. The summed E-state index contributed by atoms with van der Waals surface area (Å²) in [5, 5.41) is 6.28. The van der Waals surface area contributed by atoms with Gasteiger partial charge in [0.1, 0.15) is 5.82 Å². The van der Waals surface area contributed by atoms with Crippen LogP contribution in [-0.4, -0.2) is 29.0 Å². The molecule has 1 aromatic heterocycles. The Morgan fingerprint density at radius 2 is 1.68 bits per heavy atom. The molecule has 0 atom stereocenters. The first-order valence-corrected chi connectivity index (χ1v) is 10.4. The number of nitrogens with zero attached hydrogens (tertiary/aromatic N) is 3. The molecule has 0 unspecified atom stereocenters. The Bertz CT molecular complexity index is 780. The van der Waals surface area contributed by atoms with Gasteiger partial charge in [-0.15, -0.1) is 0 Å². The summed E-state index contributed by atoms with van der Waals surface area (Å²) in [5.41, 5.74) is 2.66. The van der Waals surface area contributed by atoms with E-state index in [9.17, 15) is 4.79 Å². The van der Waals surface area contributed by atoms with Crippen molar-refractivity contribution < 1.29 is 4.79 Å². The maximum atomic E-state index is 12.2. The minimum atomic E-state index is 0.0618. The molecule has 2 heterocycles. The average molecular weight is 382 g/mol.